The first-order valence-electron chi connectivity index (χ1n) is 5.63. The number of aliphatic hydroxyl groups excluding tert-OH is 2. The highest BCUT2D eigenvalue weighted by molar-refractivity contribution is 5.74. The number of carbonyl (C=O) groups is 2. The van der Waals surface area contributed by atoms with Crippen molar-refractivity contribution < 1.29 is 29.6 Å². The van der Waals surface area contributed by atoms with Crippen LogP contribution in [0.4, 0.5) is 0 Å². The van der Waals surface area contributed by atoms with E-state index in [-0.39, 0.29) is 5.69 Å². The average molecular weight is 287 g/mol. The van der Waals surface area contributed by atoms with Gasteiger partial charge in [-0.3, -0.25) is 14.2 Å². The van der Waals surface area contributed by atoms with E-state index < -0.39 is 42.2 Å². The van der Waals surface area contributed by atoms with E-state index in [4.69, 9.17) is 15.6 Å². The van der Waals surface area contributed by atoms with Crippen LogP contribution in [-0.4, -0.2) is 61.5 Å². The van der Waals surface area contributed by atoms with Gasteiger partial charge in [0, 0.05) is 6.20 Å². The number of hydrogen-bond donors (Lipinski definition) is 5. The molecular weight excluding hydrogens is 274 g/mol. The van der Waals surface area contributed by atoms with Gasteiger partial charge in [-0.05, 0) is 0 Å². The van der Waals surface area contributed by atoms with Gasteiger partial charge in [0.2, 0.25) is 0 Å². The third-order valence-corrected chi connectivity index (χ3v) is 3.08. The lowest BCUT2D eigenvalue weighted by Gasteiger charge is -2.17. The Hall–Kier alpha value is -2.01. The topological polar surface area (TPSA) is 168 Å². The molecule has 1 aromatic rings. The fourth-order valence-electron chi connectivity index (χ4n) is 2.03. The lowest BCUT2D eigenvalue weighted by atomic mass is 10.0. The summed E-state index contributed by atoms with van der Waals surface area (Å²) in [6.07, 6.45) is -4.38. The summed E-state index contributed by atoms with van der Waals surface area (Å²) < 4.78 is 6.01. The highest BCUT2D eigenvalue weighted by Gasteiger charge is 2.48. The summed E-state index contributed by atoms with van der Waals surface area (Å²) in [7, 11) is 0. The highest BCUT2D eigenvalue weighted by atomic mass is 16.6. The van der Waals surface area contributed by atoms with Crippen LogP contribution in [0.25, 0.3) is 0 Å². The number of ether oxygens (including phenoxy) is 1. The quantitative estimate of drug-likeness (QED) is 0.365. The number of imidazole rings is 1. The van der Waals surface area contributed by atoms with E-state index in [0.717, 1.165) is 10.8 Å². The number of rotatable bonds is 4. The molecule has 2 heterocycles. The Morgan fingerprint density at radius 2 is 2.15 bits per heavy atom. The van der Waals surface area contributed by atoms with Gasteiger partial charge in [0.15, 0.2) is 12.5 Å². The van der Waals surface area contributed by atoms with Gasteiger partial charge in [0.25, 0.3) is 0 Å². The SMILES string of the molecule is N[C@H](C(=O)O)[C@H]1O[C@@H](n2cc(C=O)[nH]c2=O)[C@H](O)[C@@H]1O. The highest BCUT2D eigenvalue weighted by Crippen LogP contribution is 2.29. The number of carboxylic acids is 1. The molecule has 0 amide bonds. The second-order valence-corrected chi connectivity index (χ2v) is 4.38. The fraction of sp³-hybridized carbons (Fsp3) is 0.500. The number of aldehydes is 1. The van der Waals surface area contributed by atoms with Crippen molar-refractivity contribution in [1.82, 2.24) is 9.55 Å². The van der Waals surface area contributed by atoms with E-state index in [2.05, 4.69) is 4.98 Å². The second-order valence-electron chi connectivity index (χ2n) is 4.38. The van der Waals surface area contributed by atoms with Crippen molar-refractivity contribution in [2.24, 2.45) is 5.73 Å². The maximum Gasteiger partial charge on any atom is 0.328 e. The summed E-state index contributed by atoms with van der Waals surface area (Å²) in [6.45, 7) is 0. The first kappa shape index (κ1) is 14.4. The van der Waals surface area contributed by atoms with Gasteiger partial charge in [0.05, 0.1) is 5.69 Å². The van der Waals surface area contributed by atoms with Crippen LogP contribution in [0.2, 0.25) is 0 Å². The molecule has 20 heavy (non-hydrogen) atoms. The molecule has 110 valence electrons. The first-order chi connectivity index (χ1) is 9.36. The molecule has 2 rings (SSSR count). The van der Waals surface area contributed by atoms with Gasteiger partial charge in [-0.1, -0.05) is 0 Å². The molecule has 0 unspecified atom stereocenters. The average Bonchev–Trinajstić information content (AvgIpc) is 2.91. The third kappa shape index (κ3) is 2.25. The monoisotopic (exact) mass is 287 g/mol. The molecule has 5 atom stereocenters. The Bertz CT molecular complexity index is 580. The predicted octanol–water partition coefficient (Wildman–Crippen LogP) is -2.98. The van der Waals surface area contributed by atoms with Crippen molar-refractivity contribution in [3.8, 4) is 0 Å². The van der Waals surface area contributed by atoms with Gasteiger partial charge >= 0.3 is 11.7 Å². The number of carbonyl (C=O) groups excluding carboxylic acids is 1. The van der Waals surface area contributed by atoms with E-state index in [9.17, 15) is 24.6 Å². The van der Waals surface area contributed by atoms with E-state index >= 15 is 0 Å². The van der Waals surface area contributed by atoms with Crippen LogP contribution in [0, 0.1) is 0 Å². The minimum atomic E-state index is -1.58. The first-order valence-corrected chi connectivity index (χ1v) is 5.63. The lowest BCUT2D eigenvalue weighted by Crippen LogP contribution is -2.48. The van der Waals surface area contributed by atoms with Crippen LogP contribution < -0.4 is 11.4 Å². The molecule has 1 aliphatic heterocycles. The summed E-state index contributed by atoms with van der Waals surface area (Å²) in [5, 5.41) is 28.4. The zero-order valence-corrected chi connectivity index (χ0v) is 10.0. The van der Waals surface area contributed by atoms with Gasteiger partial charge in [-0.25, -0.2) is 4.79 Å². The predicted molar refractivity (Wildman–Crippen MR) is 62.0 cm³/mol. The number of aromatic nitrogens is 2. The normalized spacial score (nSPS) is 31.1. The minimum absolute atomic E-state index is 0.0497. The standard InChI is InChI=1S/C10H13N3O7/c11-4(9(17)18)7-5(15)6(16)8(20-7)13-1-3(2-14)12-10(13)19/h1-2,4-8,15-16H,11H2,(H,12,19)(H,17,18)/t4-,5-,6+,7+,8+/m0/s1. The Balaban J connectivity index is 2.30. The minimum Gasteiger partial charge on any atom is -0.480 e. The zero-order valence-electron chi connectivity index (χ0n) is 10.0. The number of aliphatic carboxylic acids is 1. The molecule has 0 radical (unpaired) electrons. The van der Waals surface area contributed by atoms with Crippen LogP contribution >= 0.6 is 0 Å². The van der Waals surface area contributed by atoms with E-state index in [1.165, 1.54) is 0 Å². The van der Waals surface area contributed by atoms with Crippen LogP contribution in [0.5, 0.6) is 0 Å². The summed E-state index contributed by atoms with van der Waals surface area (Å²) in [5.41, 5.74) is 4.54. The molecule has 0 spiro atoms. The van der Waals surface area contributed by atoms with Crippen LogP contribution in [-0.2, 0) is 9.53 Å². The summed E-state index contributed by atoms with van der Waals surface area (Å²) in [4.78, 5) is 35.1. The van der Waals surface area contributed by atoms with Gasteiger partial charge < -0.3 is 30.8 Å². The summed E-state index contributed by atoms with van der Waals surface area (Å²) in [5.74, 6) is -1.42. The second kappa shape index (κ2) is 5.17. The van der Waals surface area contributed by atoms with E-state index in [1.807, 2.05) is 0 Å². The van der Waals surface area contributed by atoms with Gasteiger partial charge in [-0.15, -0.1) is 0 Å². The summed E-state index contributed by atoms with van der Waals surface area (Å²) in [6, 6.07) is -1.56. The van der Waals surface area contributed by atoms with E-state index in [0.29, 0.717) is 6.29 Å². The van der Waals surface area contributed by atoms with Crippen LogP contribution in [0.3, 0.4) is 0 Å². The Morgan fingerprint density at radius 3 is 2.65 bits per heavy atom. The third-order valence-electron chi connectivity index (χ3n) is 3.08. The number of aromatic amines is 1. The van der Waals surface area contributed by atoms with Crippen molar-refractivity contribution in [2.45, 2.75) is 30.6 Å². The van der Waals surface area contributed by atoms with Crippen molar-refractivity contribution in [3.63, 3.8) is 0 Å². The molecule has 6 N–H and O–H groups in total. The lowest BCUT2D eigenvalue weighted by molar-refractivity contribution is -0.144. The molecule has 10 heteroatoms. The smallest absolute Gasteiger partial charge is 0.328 e. The number of hydrogen-bond acceptors (Lipinski definition) is 7. The van der Waals surface area contributed by atoms with E-state index in [1.54, 1.807) is 0 Å². The van der Waals surface area contributed by atoms with Crippen molar-refractivity contribution in [3.05, 3.63) is 22.4 Å². The zero-order chi connectivity index (χ0) is 15.0. The molecule has 0 aromatic carbocycles. The molecule has 0 saturated carbocycles. The molecule has 1 fully saturated rings. The molecular formula is C10H13N3O7. The van der Waals surface area contributed by atoms with Crippen molar-refractivity contribution in [1.29, 1.82) is 0 Å². The molecule has 1 saturated heterocycles. The Kier molecular flexibility index (Phi) is 3.72. The van der Waals surface area contributed by atoms with Crippen molar-refractivity contribution >= 4 is 12.3 Å². The largest absolute Gasteiger partial charge is 0.480 e. The van der Waals surface area contributed by atoms with Crippen LogP contribution in [0.1, 0.15) is 16.7 Å². The Morgan fingerprint density at radius 1 is 1.50 bits per heavy atom. The molecule has 1 aromatic heterocycles. The summed E-state index contributed by atoms with van der Waals surface area (Å²) >= 11 is 0. The number of nitrogens with one attached hydrogen (secondary N) is 1. The molecule has 0 bridgehead atoms. The van der Waals surface area contributed by atoms with Gasteiger partial charge in [-0.2, -0.15) is 0 Å². The molecule has 1 aliphatic rings. The molecule has 0 aliphatic carbocycles. The maximum absolute atomic E-state index is 11.6. The maximum atomic E-state index is 11.6. The number of aliphatic hydroxyl groups is 2. The number of H-pyrrole nitrogens is 1. The van der Waals surface area contributed by atoms with Crippen molar-refractivity contribution in [2.75, 3.05) is 0 Å². The number of nitrogens with two attached hydrogens (primary N) is 1. The molecule has 10 nitrogen and oxygen atoms in total. The number of carboxylic acid groups (broad SMARTS) is 1. The number of nitrogens with zero attached hydrogens (tertiary/aromatic N) is 1. The van der Waals surface area contributed by atoms with Crippen LogP contribution in [0.15, 0.2) is 11.0 Å². The van der Waals surface area contributed by atoms with Gasteiger partial charge in [0.1, 0.15) is 24.4 Å². The Labute approximate surface area is 111 Å². The fourth-order valence-corrected chi connectivity index (χ4v) is 2.03.